The average molecular weight is 221 g/mol. The van der Waals surface area contributed by atoms with Crippen molar-refractivity contribution in [3.63, 3.8) is 0 Å². The number of hydrogen-bond donors (Lipinski definition) is 1. The molecule has 4 aliphatic rings. The number of rotatable bonds is 3. The molecule has 2 N–H and O–H groups in total. The van der Waals surface area contributed by atoms with Gasteiger partial charge in [-0.2, -0.15) is 0 Å². The van der Waals surface area contributed by atoms with Crippen LogP contribution in [0.5, 0.6) is 0 Å². The Balaban J connectivity index is 1.95. The minimum absolute atomic E-state index is 0.227. The van der Waals surface area contributed by atoms with Crippen molar-refractivity contribution in [3.05, 3.63) is 0 Å². The molecule has 0 spiro atoms. The minimum atomic E-state index is 0.227. The van der Waals surface area contributed by atoms with Gasteiger partial charge in [0, 0.05) is 5.54 Å². The molecule has 4 saturated carbocycles. The van der Waals surface area contributed by atoms with Gasteiger partial charge in [-0.05, 0) is 61.7 Å². The van der Waals surface area contributed by atoms with Crippen molar-refractivity contribution in [2.24, 2.45) is 22.5 Å². The molecule has 0 amide bonds. The van der Waals surface area contributed by atoms with Gasteiger partial charge in [-0.15, -0.1) is 0 Å². The lowest BCUT2D eigenvalue weighted by Gasteiger charge is -2.66. The fourth-order valence-corrected chi connectivity index (χ4v) is 6.13. The first-order chi connectivity index (χ1) is 7.53. The van der Waals surface area contributed by atoms with Gasteiger partial charge in [-0.25, -0.2) is 0 Å². The predicted molar refractivity (Wildman–Crippen MR) is 68.2 cm³/mol. The molecular formula is C15H27N. The van der Waals surface area contributed by atoms with Gasteiger partial charge in [-0.3, -0.25) is 0 Å². The lowest BCUT2D eigenvalue weighted by molar-refractivity contribution is -0.126. The van der Waals surface area contributed by atoms with Gasteiger partial charge in [0.25, 0.3) is 0 Å². The molecule has 0 radical (unpaired) electrons. The van der Waals surface area contributed by atoms with Crippen molar-refractivity contribution in [1.29, 1.82) is 0 Å². The molecular weight excluding hydrogens is 194 g/mol. The molecule has 1 nitrogen and oxygen atoms in total. The number of nitrogens with two attached hydrogens (primary N) is 1. The lowest BCUT2D eigenvalue weighted by atomic mass is 9.41. The third-order valence-corrected chi connectivity index (χ3v) is 5.87. The standard InChI is InChI=1S/C15H27N/c1-3-5-14-7-12-6-13(4-2,9-14)10-15(16,8-12)11-14/h12H,3-11,16H2,1-2H3. The van der Waals surface area contributed by atoms with Gasteiger partial charge < -0.3 is 5.73 Å². The van der Waals surface area contributed by atoms with Crippen LogP contribution >= 0.6 is 0 Å². The summed E-state index contributed by atoms with van der Waals surface area (Å²) in [5, 5.41) is 0. The highest BCUT2D eigenvalue weighted by molar-refractivity contribution is 5.14. The topological polar surface area (TPSA) is 26.0 Å². The van der Waals surface area contributed by atoms with E-state index in [2.05, 4.69) is 13.8 Å². The number of hydrogen-bond acceptors (Lipinski definition) is 1. The normalized spacial score (nSPS) is 54.6. The van der Waals surface area contributed by atoms with E-state index in [9.17, 15) is 0 Å². The summed E-state index contributed by atoms with van der Waals surface area (Å²) < 4.78 is 0. The van der Waals surface area contributed by atoms with E-state index >= 15 is 0 Å². The largest absolute Gasteiger partial charge is 0.325 e. The van der Waals surface area contributed by atoms with Crippen LogP contribution in [0.3, 0.4) is 0 Å². The molecule has 4 aliphatic carbocycles. The van der Waals surface area contributed by atoms with Crippen LogP contribution in [0.2, 0.25) is 0 Å². The summed E-state index contributed by atoms with van der Waals surface area (Å²) in [6, 6.07) is 0. The predicted octanol–water partition coefficient (Wildman–Crippen LogP) is 3.86. The summed E-state index contributed by atoms with van der Waals surface area (Å²) in [6.45, 7) is 4.75. The average Bonchev–Trinajstić information content (AvgIpc) is 2.13. The van der Waals surface area contributed by atoms with Crippen molar-refractivity contribution >= 4 is 0 Å². The van der Waals surface area contributed by atoms with E-state index in [0.717, 1.165) is 5.92 Å². The van der Waals surface area contributed by atoms with E-state index in [1.54, 1.807) is 0 Å². The molecule has 4 unspecified atom stereocenters. The highest BCUT2D eigenvalue weighted by Gasteiger charge is 2.60. The van der Waals surface area contributed by atoms with E-state index < -0.39 is 0 Å². The Bertz CT molecular complexity index is 300. The lowest BCUT2D eigenvalue weighted by Crippen LogP contribution is -2.63. The molecule has 0 heterocycles. The van der Waals surface area contributed by atoms with Crippen molar-refractivity contribution in [1.82, 2.24) is 0 Å². The molecule has 0 aliphatic heterocycles. The SMILES string of the molecule is CCCC12CC3CC(N)(CC(CC)(C3)C1)C2. The van der Waals surface area contributed by atoms with E-state index in [4.69, 9.17) is 5.73 Å². The zero-order chi connectivity index (χ0) is 11.4. The maximum atomic E-state index is 6.70. The van der Waals surface area contributed by atoms with Gasteiger partial charge in [0.05, 0.1) is 0 Å². The highest BCUT2D eigenvalue weighted by Crippen LogP contribution is 2.68. The summed E-state index contributed by atoms with van der Waals surface area (Å²) in [7, 11) is 0. The molecule has 16 heavy (non-hydrogen) atoms. The van der Waals surface area contributed by atoms with Crippen LogP contribution < -0.4 is 5.73 Å². The highest BCUT2D eigenvalue weighted by atomic mass is 14.8. The van der Waals surface area contributed by atoms with Crippen LogP contribution in [-0.4, -0.2) is 5.54 Å². The van der Waals surface area contributed by atoms with Gasteiger partial charge in [0.1, 0.15) is 0 Å². The molecule has 4 bridgehead atoms. The smallest absolute Gasteiger partial charge is 0.0167 e. The first-order valence-corrected chi connectivity index (χ1v) is 7.32. The van der Waals surface area contributed by atoms with Gasteiger partial charge in [-0.1, -0.05) is 26.7 Å². The molecule has 0 aromatic heterocycles. The van der Waals surface area contributed by atoms with Crippen molar-refractivity contribution in [2.75, 3.05) is 0 Å². The van der Waals surface area contributed by atoms with Crippen LogP contribution in [0.25, 0.3) is 0 Å². The van der Waals surface area contributed by atoms with E-state index in [1.807, 2.05) is 0 Å². The third kappa shape index (κ3) is 1.47. The fourth-order valence-electron chi connectivity index (χ4n) is 6.13. The first-order valence-electron chi connectivity index (χ1n) is 7.32. The molecule has 0 aromatic carbocycles. The molecule has 4 atom stereocenters. The quantitative estimate of drug-likeness (QED) is 0.769. The van der Waals surface area contributed by atoms with Gasteiger partial charge >= 0.3 is 0 Å². The van der Waals surface area contributed by atoms with E-state index in [0.29, 0.717) is 10.8 Å². The molecule has 0 saturated heterocycles. The summed E-state index contributed by atoms with van der Waals surface area (Å²) in [5.74, 6) is 0.966. The minimum Gasteiger partial charge on any atom is -0.325 e. The second-order valence-corrected chi connectivity index (χ2v) is 7.47. The molecule has 4 fully saturated rings. The summed E-state index contributed by atoms with van der Waals surface area (Å²) in [4.78, 5) is 0. The summed E-state index contributed by atoms with van der Waals surface area (Å²) in [6.07, 6.45) is 12.7. The van der Waals surface area contributed by atoms with E-state index in [1.165, 1.54) is 57.8 Å². The van der Waals surface area contributed by atoms with Crippen molar-refractivity contribution in [2.45, 2.75) is 77.2 Å². The van der Waals surface area contributed by atoms with Crippen molar-refractivity contribution in [3.8, 4) is 0 Å². The second-order valence-electron chi connectivity index (χ2n) is 7.47. The van der Waals surface area contributed by atoms with Gasteiger partial charge in [0.15, 0.2) is 0 Å². The monoisotopic (exact) mass is 221 g/mol. The fraction of sp³-hybridized carbons (Fsp3) is 1.00. The Labute approximate surface area is 100 Å². The first kappa shape index (κ1) is 11.1. The van der Waals surface area contributed by atoms with E-state index in [-0.39, 0.29) is 5.54 Å². The molecule has 0 aromatic rings. The maximum absolute atomic E-state index is 6.70. The Morgan fingerprint density at radius 2 is 1.69 bits per heavy atom. The van der Waals surface area contributed by atoms with Crippen LogP contribution in [0.4, 0.5) is 0 Å². The van der Waals surface area contributed by atoms with Crippen LogP contribution in [0.1, 0.15) is 71.6 Å². The molecule has 92 valence electrons. The third-order valence-electron chi connectivity index (χ3n) is 5.87. The Morgan fingerprint density at radius 3 is 2.31 bits per heavy atom. The van der Waals surface area contributed by atoms with Crippen LogP contribution in [0.15, 0.2) is 0 Å². The summed E-state index contributed by atoms with van der Waals surface area (Å²) >= 11 is 0. The van der Waals surface area contributed by atoms with Gasteiger partial charge in [0.2, 0.25) is 0 Å². The van der Waals surface area contributed by atoms with Crippen LogP contribution in [-0.2, 0) is 0 Å². The zero-order valence-electron chi connectivity index (χ0n) is 11.0. The Hall–Kier alpha value is -0.0400. The zero-order valence-corrected chi connectivity index (χ0v) is 11.0. The van der Waals surface area contributed by atoms with Crippen molar-refractivity contribution < 1.29 is 0 Å². The Kier molecular flexibility index (Phi) is 2.25. The molecule has 4 rings (SSSR count). The molecule has 1 heteroatoms. The van der Waals surface area contributed by atoms with Crippen LogP contribution in [0, 0.1) is 16.7 Å². The summed E-state index contributed by atoms with van der Waals surface area (Å²) in [5.41, 5.74) is 8.22. The Morgan fingerprint density at radius 1 is 1.00 bits per heavy atom. The maximum Gasteiger partial charge on any atom is 0.0167 e. The second kappa shape index (κ2) is 3.25.